The molecule has 0 saturated heterocycles. The van der Waals surface area contributed by atoms with Gasteiger partial charge in [0.2, 0.25) is 0 Å². The highest BCUT2D eigenvalue weighted by Crippen LogP contribution is 2.33. The smallest absolute Gasteiger partial charge is 0.122 e. The zero-order valence-corrected chi connectivity index (χ0v) is 7.60. The van der Waals surface area contributed by atoms with Crippen molar-refractivity contribution in [2.45, 2.75) is 6.42 Å². The number of methoxy groups -OCH3 is 1. The maximum Gasteiger partial charge on any atom is 0.122 e. The third-order valence-electron chi connectivity index (χ3n) is 1.75. The van der Waals surface area contributed by atoms with Crippen LogP contribution in [-0.2, 0) is 4.74 Å². The van der Waals surface area contributed by atoms with E-state index in [9.17, 15) is 0 Å². The maximum absolute atomic E-state index is 6.50. The first kappa shape index (κ1) is 11.2. The predicted molar refractivity (Wildman–Crippen MR) is 49.1 cm³/mol. The first-order chi connectivity index (χ1) is 5.40. The summed E-state index contributed by atoms with van der Waals surface area (Å²) in [6.07, 6.45) is 7.44. The molecule has 0 saturated carbocycles. The van der Waals surface area contributed by atoms with Crippen molar-refractivity contribution in [1.82, 2.24) is 0 Å². The molecule has 0 atom stereocenters. The standard InChI is InChI=1S/C8H8O.ClH.H3NO/c1-9-8-5-6-2-3-7(8)4-6;;1-2/h2-3,5H,4H2,1H3;1H;2H,1H2. The summed E-state index contributed by atoms with van der Waals surface area (Å²) in [5, 5.41) is 6.50. The van der Waals surface area contributed by atoms with Crippen molar-refractivity contribution in [1.29, 1.82) is 0 Å². The second kappa shape index (κ2) is 4.98. The Morgan fingerprint density at radius 1 is 1.42 bits per heavy atom. The van der Waals surface area contributed by atoms with Crippen LogP contribution in [0.25, 0.3) is 0 Å². The van der Waals surface area contributed by atoms with E-state index in [2.05, 4.69) is 24.1 Å². The zero-order chi connectivity index (χ0) is 8.27. The van der Waals surface area contributed by atoms with E-state index in [4.69, 9.17) is 9.94 Å². The lowest BCUT2D eigenvalue weighted by atomic mass is 10.3. The minimum absolute atomic E-state index is 0. The molecule has 0 aliphatic heterocycles. The highest BCUT2D eigenvalue weighted by atomic mass is 35.5. The fourth-order valence-electron chi connectivity index (χ4n) is 1.26. The Kier molecular flexibility index (Phi) is 4.66. The quantitative estimate of drug-likeness (QED) is 0.616. The van der Waals surface area contributed by atoms with Crippen LogP contribution in [0.4, 0.5) is 0 Å². The topological polar surface area (TPSA) is 55.5 Å². The van der Waals surface area contributed by atoms with Gasteiger partial charge in [-0.05, 0) is 17.2 Å². The van der Waals surface area contributed by atoms with Crippen molar-refractivity contribution in [2.75, 3.05) is 7.11 Å². The van der Waals surface area contributed by atoms with Crippen LogP contribution in [0.2, 0.25) is 0 Å². The van der Waals surface area contributed by atoms with Crippen LogP contribution >= 0.6 is 12.4 Å². The Bertz CT molecular complexity index is 243. The van der Waals surface area contributed by atoms with Crippen molar-refractivity contribution in [3.05, 3.63) is 35.1 Å². The van der Waals surface area contributed by atoms with Crippen LogP contribution in [0.3, 0.4) is 0 Å². The molecule has 12 heavy (non-hydrogen) atoms. The molecule has 2 rings (SSSR count). The van der Waals surface area contributed by atoms with Gasteiger partial charge >= 0.3 is 0 Å². The van der Waals surface area contributed by atoms with Gasteiger partial charge in [-0.25, -0.2) is 5.90 Å². The van der Waals surface area contributed by atoms with Gasteiger partial charge < -0.3 is 9.94 Å². The first-order valence-corrected chi connectivity index (χ1v) is 3.32. The van der Waals surface area contributed by atoms with Gasteiger partial charge in [0.05, 0.1) is 7.11 Å². The molecule has 0 spiro atoms. The second-order valence-corrected chi connectivity index (χ2v) is 2.32. The van der Waals surface area contributed by atoms with Crippen LogP contribution in [0.15, 0.2) is 35.1 Å². The number of hydrogen-bond acceptors (Lipinski definition) is 3. The van der Waals surface area contributed by atoms with Gasteiger partial charge in [-0.15, -0.1) is 12.4 Å². The van der Waals surface area contributed by atoms with E-state index in [1.165, 1.54) is 11.1 Å². The molecule has 0 unspecified atom stereocenters. The fourth-order valence-corrected chi connectivity index (χ4v) is 1.26. The second-order valence-electron chi connectivity index (χ2n) is 2.32. The Balaban J connectivity index is 0.000000378. The summed E-state index contributed by atoms with van der Waals surface area (Å²) in [6, 6.07) is 0. The minimum Gasteiger partial charge on any atom is -0.496 e. The van der Waals surface area contributed by atoms with Crippen molar-refractivity contribution < 1.29 is 9.94 Å². The van der Waals surface area contributed by atoms with Crippen LogP contribution < -0.4 is 5.90 Å². The molecule has 2 aliphatic rings. The molecular formula is C8H12ClNO2. The number of rotatable bonds is 1. The van der Waals surface area contributed by atoms with Gasteiger partial charge in [0, 0.05) is 6.42 Å². The number of fused-ring (bicyclic) bond motifs is 2. The normalized spacial score (nSPS) is 16.4. The molecule has 2 aliphatic carbocycles. The third kappa shape index (κ3) is 1.88. The molecule has 4 heteroatoms. The number of hydrogen-bond donors (Lipinski definition) is 2. The number of halogens is 1. The van der Waals surface area contributed by atoms with Gasteiger partial charge in [0.25, 0.3) is 0 Å². The number of ether oxygens (including phenoxy) is 1. The molecule has 3 nitrogen and oxygen atoms in total. The molecule has 0 aromatic heterocycles. The molecule has 0 aromatic carbocycles. The number of nitrogens with two attached hydrogens (primary N) is 1. The fraction of sp³-hybridized carbons (Fsp3) is 0.250. The average Bonchev–Trinajstić information content (AvgIpc) is 2.67. The zero-order valence-electron chi connectivity index (χ0n) is 6.78. The summed E-state index contributed by atoms with van der Waals surface area (Å²) in [5.41, 5.74) is 2.70. The van der Waals surface area contributed by atoms with Gasteiger partial charge in [0.15, 0.2) is 0 Å². The van der Waals surface area contributed by atoms with Crippen molar-refractivity contribution in [3.8, 4) is 0 Å². The monoisotopic (exact) mass is 189 g/mol. The maximum atomic E-state index is 6.50. The van der Waals surface area contributed by atoms with Crippen molar-refractivity contribution >= 4 is 12.4 Å². The van der Waals surface area contributed by atoms with Crippen molar-refractivity contribution in [3.63, 3.8) is 0 Å². The third-order valence-corrected chi connectivity index (χ3v) is 1.75. The lowest BCUT2D eigenvalue weighted by Gasteiger charge is -1.98. The summed E-state index contributed by atoms with van der Waals surface area (Å²) in [4.78, 5) is 0. The molecule has 68 valence electrons. The van der Waals surface area contributed by atoms with E-state index < -0.39 is 0 Å². The molecule has 0 radical (unpaired) electrons. The van der Waals surface area contributed by atoms with E-state index in [0.29, 0.717) is 0 Å². The van der Waals surface area contributed by atoms with Crippen LogP contribution in [0.5, 0.6) is 0 Å². The van der Waals surface area contributed by atoms with E-state index in [1.54, 1.807) is 7.11 Å². The summed E-state index contributed by atoms with van der Waals surface area (Å²) >= 11 is 0. The van der Waals surface area contributed by atoms with Gasteiger partial charge in [-0.2, -0.15) is 0 Å². The molecule has 0 amide bonds. The van der Waals surface area contributed by atoms with E-state index >= 15 is 0 Å². The average molecular weight is 190 g/mol. The molecular weight excluding hydrogens is 178 g/mol. The SMILES string of the molecule is COC1=C2C=CC(=C1)C2.Cl.NO. The lowest BCUT2D eigenvalue weighted by Crippen LogP contribution is -1.82. The van der Waals surface area contributed by atoms with Crippen LogP contribution in [0, 0.1) is 0 Å². The van der Waals surface area contributed by atoms with E-state index in [-0.39, 0.29) is 12.4 Å². The Morgan fingerprint density at radius 2 is 2.08 bits per heavy atom. The summed E-state index contributed by atoms with van der Waals surface area (Å²) in [7, 11) is 1.72. The van der Waals surface area contributed by atoms with Gasteiger partial charge in [0.1, 0.15) is 5.76 Å². The first-order valence-electron chi connectivity index (χ1n) is 3.32. The molecule has 0 fully saturated rings. The van der Waals surface area contributed by atoms with E-state index in [0.717, 1.165) is 12.2 Å². The minimum atomic E-state index is 0. The Morgan fingerprint density at radius 3 is 2.33 bits per heavy atom. The summed E-state index contributed by atoms with van der Waals surface area (Å²) in [5.74, 6) is 4.55. The van der Waals surface area contributed by atoms with Gasteiger partial charge in [-0.3, -0.25) is 0 Å². The predicted octanol–water partition coefficient (Wildman–Crippen LogP) is 1.54. The highest BCUT2D eigenvalue weighted by molar-refractivity contribution is 5.85. The molecule has 0 heterocycles. The van der Waals surface area contributed by atoms with Crippen molar-refractivity contribution in [2.24, 2.45) is 5.90 Å². The van der Waals surface area contributed by atoms with Crippen LogP contribution in [0.1, 0.15) is 6.42 Å². The van der Waals surface area contributed by atoms with E-state index in [1.807, 2.05) is 0 Å². The largest absolute Gasteiger partial charge is 0.496 e. The summed E-state index contributed by atoms with van der Waals surface area (Å²) < 4.78 is 5.10. The lowest BCUT2D eigenvalue weighted by molar-refractivity contribution is 0.305. The van der Waals surface area contributed by atoms with Crippen LogP contribution in [-0.4, -0.2) is 12.3 Å². The molecule has 2 bridgehead atoms. The highest BCUT2D eigenvalue weighted by Gasteiger charge is 2.17. The Labute approximate surface area is 77.6 Å². The molecule has 3 N–H and O–H groups in total. The van der Waals surface area contributed by atoms with Gasteiger partial charge in [-0.1, -0.05) is 12.2 Å². The molecule has 0 aromatic rings. The summed E-state index contributed by atoms with van der Waals surface area (Å²) in [6.45, 7) is 0. The Hall–Kier alpha value is -0.770. The number of allylic oxidation sites excluding steroid dienone is 5.